The summed E-state index contributed by atoms with van der Waals surface area (Å²) in [6.45, 7) is 3.04. The minimum Gasteiger partial charge on any atom is -0.494 e. The van der Waals surface area contributed by atoms with Gasteiger partial charge in [-0.1, -0.05) is 12.1 Å². The van der Waals surface area contributed by atoms with E-state index < -0.39 is 0 Å². The standard InChI is InChI=1S/C14H17N3O2/c1-2-18-12-4-3-5-13(8-12)19-10-11-6-7-14(17-15)16-9-11/h3-9H,2,10,15H2,1H3,(H,16,17). The molecule has 0 amide bonds. The van der Waals surface area contributed by atoms with Crippen LogP contribution < -0.4 is 20.7 Å². The first-order valence-electron chi connectivity index (χ1n) is 6.09. The van der Waals surface area contributed by atoms with Gasteiger partial charge in [0.1, 0.15) is 23.9 Å². The lowest BCUT2D eigenvalue weighted by Gasteiger charge is -2.08. The van der Waals surface area contributed by atoms with Crippen LogP contribution in [0.25, 0.3) is 0 Å². The first-order chi connectivity index (χ1) is 9.31. The molecular weight excluding hydrogens is 242 g/mol. The molecule has 0 spiro atoms. The Hall–Kier alpha value is -2.27. The van der Waals surface area contributed by atoms with Gasteiger partial charge in [-0.3, -0.25) is 0 Å². The largest absolute Gasteiger partial charge is 0.494 e. The van der Waals surface area contributed by atoms with Crippen molar-refractivity contribution in [2.45, 2.75) is 13.5 Å². The van der Waals surface area contributed by atoms with E-state index >= 15 is 0 Å². The SMILES string of the molecule is CCOc1cccc(OCc2ccc(NN)nc2)c1. The summed E-state index contributed by atoms with van der Waals surface area (Å²) in [6.07, 6.45) is 1.72. The Bertz CT molecular complexity index is 514. The maximum Gasteiger partial charge on any atom is 0.139 e. The number of hydrogen-bond donors (Lipinski definition) is 2. The van der Waals surface area contributed by atoms with Gasteiger partial charge >= 0.3 is 0 Å². The van der Waals surface area contributed by atoms with Gasteiger partial charge in [-0.15, -0.1) is 0 Å². The molecule has 0 atom stereocenters. The molecule has 0 aliphatic heterocycles. The van der Waals surface area contributed by atoms with Crippen molar-refractivity contribution >= 4 is 5.82 Å². The van der Waals surface area contributed by atoms with E-state index in [1.165, 1.54) is 0 Å². The van der Waals surface area contributed by atoms with Gasteiger partial charge in [-0.05, 0) is 25.1 Å². The van der Waals surface area contributed by atoms with Crippen molar-refractivity contribution in [2.24, 2.45) is 5.84 Å². The van der Waals surface area contributed by atoms with Crippen LogP contribution in [0.2, 0.25) is 0 Å². The number of aromatic nitrogens is 1. The van der Waals surface area contributed by atoms with E-state index in [2.05, 4.69) is 10.4 Å². The van der Waals surface area contributed by atoms with Crippen LogP contribution in [0.4, 0.5) is 5.82 Å². The highest BCUT2D eigenvalue weighted by atomic mass is 16.5. The Balaban J connectivity index is 1.95. The van der Waals surface area contributed by atoms with Gasteiger partial charge in [0.2, 0.25) is 0 Å². The predicted molar refractivity (Wildman–Crippen MR) is 74.0 cm³/mol. The third kappa shape index (κ3) is 3.86. The minimum absolute atomic E-state index is 0.452. The van der Waals surface area contributed by atoms with Crippen LogP contribution in [0.5, 0.6) is 11.5 Å². The van der Waals surface area contributed by atoms with Crippen molar-refractivity contribution in [3.05, 3.63) is 48.2 Å². The molecular formula is C14H17N3O2. The van der Waals surface area contributed by atoms with E-state index in [-0.39, 0.29) is 0 Å². The summed E-state index contributed by atoms with van der Waals surface area (Å²) in [5.74, 6) is 7.46. The van der Waals surface area contributed by atoms with E-state index in [1.54, 1.807) is 12.3 Å². The van der Waals surface area contributed by atoms with Crippen LogP contribution in [0.1, 0.15) is 12.5 Å². The number of rotatable bonds is 6. The molecule has 0 saturated heterocycles. The Labute approximate surface area is 112 Å². The van der Waals surface area contributed by atoms with E-state index in [0.29, 0.717) is 19.0 Å². The molecule has 100 valence electrons. The second kappa shape index (κ2) is 6.61. The van der Waals surface area contributed by atoms with Crippen molar-refractivity contribution in [2.75, 3.05) is 12.0 Å². The number of hydrogen-bond acceptors (Lipinski definition) is 5. The molecule has 2 aromatic rings. The van der Waals surface area contributed by atoms with E-state index in [9.17, 15) is 0 Å². The molecule has 19 heavy (non-hydrogen) atoms. The van der Waals surface area contributed by atoms with Crippen molar-refractivity contribution in [1.82, 2.24) is 4.98 Å². The maximum atomic E-state index is 5.68. The lowest BCUT2D eigenvalue weighted by molar-refractivity contribution is 0.299. The zero-order chi connectivity index (χ0) is 13.5. The Morgan fingerprint density at radius 1 is 1.16 bits per heavy atom. The number of nitrogens with one attached hydrogen (secondary N) is 1. The second-order valence-corrected chi connectivity index (χ2v) is 3.89. The predicted octanol–water partition coefficient (Wildman–Crippen LogP) is 2.34. The van der Waals surface area contributed by atoms with Gasteiger partial charge in [-0.25, -0.2) is 10.8 Å². The molecule has 0 aliphatic carbocycles. The van der Waals surface area contributed by atoms with E-state index in [4.69, 9.17) is 15.3 Å². The van der Waals surface area contributed by atoms with Crippen LogP contribution in [0.3, 0.4) is 0 Å². The van der Waals surface area contributed by atoms with Crippen LogP contribution in [-0.2, 0) is 6.61 Å². The van der Waals surface area contributed by atoms with Gasteiger partial charge in [0.05, 0.1) is 6.61 Å². The third-order valence-electron chi connectivity index (χ3n) is 2.49. The van der Waals surface area contributed by atoms with Crippen molar-refractivity contribution < 1.29 is 9.47 Å². The summed E-state index contributed by atoms with van der Waals surface area (Å²) in [7, 11) is 0. The van der Waals surface area contributed by atoms with Crippen molar-refractivity contribution in [3.8, 4) is 11.5 Å². The molecule has 0 saturated carbocycles. The fourth-order valence-corrected chi connectivity index (χ4v) is 1.58. The van der Waals surface area contributed by atoms with E-state index in [0.717, 1.165) is 17.1 Å². The van der Waals surface area contributed by atoms with Gasteiger partial charge < -0.3 is 14.9 Å². The lowest BCUT2D eigenvalue weighted by Crippen LogP contribution is -2.08. The topological polar surface area (TPSA) is 69.4 Å². The second-order valence-electron chi connectivity index (χ2n) is 3.89. The van der Waals surface area contributed by atoms with Crippen molar-refractivity contribution in [1.29, 1.82) is 0 Å². The molecule has 5 heteroatoms. The Morgan fingerprint density at radius 3 is 2.58 bits per heavy atom. The lowest BCUT2D eigenvalue weighted by atomic mass is 10.3. The smallest absolute Gasteiger partial charge is 0.139 e. The monoisotopic (exact) mass is 259 g/mol. The molecule has 2 rings (SSSR count). The Morgan fingerprint density at radius 2 is 1.95 bits per heavy atom. The van der Waals surface area contributed by atoms with Crippen LogP contribution in [0, 0.1) is 0 Å². The maximum absolute atomic E-state index is 5.68. The number of nitrogen functional groups attached to an aromatic ring is 1. The number of anilines is 1. The van der Waals surface area contributed by atoms with Gasteiger partial charge in [0.25, 0.3) is 0 Å². The highest BCUT2D eigenvalue weighted by Gasteiger charge is 1.99. The number of benzene rings is 1. The summed E-state index contributed by atoms with van der Waals surface area (Å²) < 4.78 is 11.1. The summed E-state index contributed by atoms with van der Waals surface area (Å²) in [6, 6.07) is 11.3. The molecule has 1 heterocycles. The van der Waals surface area contributed by atoms with Crippen LogP contribution in [-0.4, -0.2) is 11.6 Å². The van der Waals surface area contributed by atoms with E-state index in [1.807, 2.05) is 37.3 Å². The number of ether oxygens (including phenoxy) is 2. The number of pyridine rings is 1. The van der Waals surface area contributed by atoms with Crippen LogP contribution >= 0.6 is 0 Å². The van der Waals surface area contributed by atoms with Crippen molar-refractivity contribution in [3.63, 3.8) is 0 Å². The molecule has 1 aromatic heterocycles. The average Bonchev–Trinajstić information content (AvgIpc) is 2.46. The number of nitrogens with zero attached hydrogens (tertiary/aromatic N) is 1. The summed E-state index contributed by atoms with van der Waals surface area (Å²) in [5, 5.41) is 0. The van der Waals surface area contributed by atoms with Gasteiger partial charge in [-0.2, -0.15) is 0 Å². The number of hydrazine groups is 1. The van der Waals surface area contributed by atoms with Gasteiger partial charge in [0.15, 0.2) is 0 Å². The molecule has 1 aromatic carbocycles. The molecule has 0 aliphatic rings. The molecule has 0 unspecified atom stereocenters. The summed E-state index contributed by atoms with van der Waals surface area (Å²) in [4.78, 5) is 4.12. The summed E-state index contributed by atoms with van der Waals surface area (Å²) in [5.41, 5.74) is 3.45. The highest BCUT2D eigenvalue weighted by molar-refractivity contribution is 5.35. The summed E-state index contributed by atoms with van der Waals surface area (Å²) >= 11 is 0. The normalized spacial score (nSPS) is 10.0. The minimum atomic E-state index is 0.452. The van der Waals surface area contributed by atoms with Crippen LogP contribution in [0.15, 0.2) is 42.6 Å². The molecule has 3 N–H and O–H groups in total. The Kier molecular flexibility index (Phi) is 4.58. The zero-order valence-electron chi connectivity index (χ0n) is 10.8. The fourth-order valence-electron chi connectivity index (χ4n) is 1.58. The molecule has 0 fully saturated rings. The number of nitrogens with two attached hydrogens (primary N) is 1. The molecule has 0 bridgehead atoms. The van der Waals surface area contributed by atoms with Gasteiger partial charge in [0, 0.05) is 17.8 Å². The zero-order valence-corrected chi connectivity index (χ0v) is 10.8. The first kappa shape index (κ1) is 13.2. The third-order valence-corrected chi connectivity index (χ3v) is 2.49. The highest BCUT2D eigenvalue weighted by Crippen LogP contribution is 2.20. The quantitative estimate of drug-likeness (QED) is 0.615. The fraction of sp³-hybridized carbons (Fsp3) is 0.214. The first-order valence-corrected chi connectivity index (χ1v) is 6.09. The molecule has 0 radical (unpaired) electrons. The average molecular weight is 259 g/mol. The molecule has 5 nitrogen and oxygen atoms in total.